The van der Waals surface area contributed by atoms with E-state index in [-0.39, 0.29) is 36.8 Å². The minimum Gasteiger partial charge on any atom is -0.399 e. The van der Waals surface area contributed by atoms with Crippen molar-refractivity contribution >= 4 is 51.2 Å². The maximum Gasteiger partial charge on any atom is 0.262 e. The van der Waals surface area contributed by atoms with Gasteiger partial charge < -0.3 is 11.1 Å². The molecular weight excluding hydrogens is 372 g/mol. The number of halogens is 1. The third kappa shape index (κ3) is 3.89. The van der Waals surface area contributed by atoms with Crippen LogP contribution >= 0.6 is 23.7 Å². The molecule has 8 heteroatoms. The molecule has 0 aliphatic rings. The molecule has 26 heavy (non-hydrogen) atoms. The van der Waals surface area contributed by atoms with Gasteiger partial charge in [-0.15, -0.1) is 23.7 Å². The summed E-state index contributed by atoms with van der Waals surface area (Å²) < 4.78 is 1.49. The second-order valence-electron chi connectivity index (χ2n) is 6.08. The van der Waals surface area contributed by atoms with Crippen molar-refractivity contribution in [3.63, 3.8) is 0 Å². The highest BCUT2D eigenvalue weighted by Gasteiger charge is 2.13. The van der Waals surface area contributed by atoms with E-state index >= 15 is 0 Å². The molecule has 3 N–H and O–H groups in total. The van der Waals surface area contributed by atoms with Crippen molar-refractivity contribution in [1.29, 1.82) is 0 Å². The van der Waals surface area contributed by atoms with Gasteiger partial charge in [0.15, 0.2) is 0 Å². The molecule has 0 bridgehead atoms. The first-order valence-electron chi connectivity index (χ1n) is 7.98. The number of carbonyl (C=O) groups excluding carboxylic acids is 1. The molecule has 6 nitrogen and oxygen atoms in total. The smallest absolute Gasteiger partial charge is 0.262 e. The fraction of sp³-hybridized carbons (Fsp3) is 0.278. The van der Waals surface area contributed by atoms with Crippen molar-refractivity contribution in [1.82, 2.24) is 9.55 Å². The molecule has 0 radical (unpaired) electrons. The van der Waals surface area contributed by atoms with Crippen molar-refractivity contribution < 1.29 is 4.79 Å². The maximum atomic E-state index is 12.6. The van der Waals surface area contributed by atoms with E-state index in [2.05, 4.69) is 10.3 Å². The molecule has 0 fully saturated rings. The van der Waals surface area contributed by atoms with E-state index < -0.39 is 0 Å². The highest BCUT2D eigenvalue weighted by molar-refractivity contribution is 7.18. The van der Waals surface area contributed by atoms with Gasteiger partial charge >= 0.3 is 0 Å². The van der Waals surface area contributed by atoms with Crippen LogP contribution in [0.25, 0.3) is 10.2 Å². The Hall–Kier alpha value is -2.38. The number of aryl methyl sites for hydroxylation is 4. The van der Waals surface area contributed by atoms with Crippen LogP contribution in [0, 0.1) is 20.8 Å². The second-order valence-corrected chi connectivity index (χ2v) is 7.28. The van der Waals surface area contributed by atoms with E-state index in [4.69, 9.17) is 5.73 Å². The zero-order chi connectivity index (χ0) is 18.1. The SMILES string of the molecule is Cc1ccc(N)cc1NC(=O)CCn1cnc2sc(C)c(C)c2c1=O.Cl. The van der Waals surface area contributed by atoms with Gasteiger partial charge in [-0.1, -0.05) is 6.07 Å². The first kappa shape index (κ1) is 19.9. The standard InChI is InChI=1S/C18H20N4O2S.ClH/c1-10-4-5-13(19)8-14(10)21-15(23)6-7-22-9-20-17-16(18(22)24)11(2)12(3)25-17;/h4-5,8-9H,6-7,19H2,1-3H3,(H,21,23);1H. The quantitative estimate of drug-likeness (QED) is 0.665. The lowest BCUT2D eigenvalue weighted by Gasteiger charge is -2.10. The molecule has 0 saturated carbocycles. The first-order valence-corrected chi connectivity index (χ1v) is 8.79. The molecule has 138 valence electrons. The van der Waals surface area contributed by atoms with Crippen LogP contribution in [0.15, 0.2) is 29.3 Å². The molecule has 0 atom stereocenters. The predicted molar refractivity (Wildman–Crippen MR) is 109 cm³/mol. The molecule has 3 aromatic rings. The van der Waals surface area contributed by atoms with Gasteiger partial charge in [0.2, 0.25) is 5.91 Å². The number of benzene rings is 1. The average molecular weight is 393 g/mol. The topological polar surface area (TPSA) is 90.0 Å². The lowest BCUT2D eigenvalue weighted by molar-refractivity contribution is -0.116. The Morgan fingerprint density at radius 3 is 2.77 bits per heavy atom. The lowest BCUT2D eigenvalue weighted by Crippen LogP contribution is -2.23. The Kier molecular flexibility index (Phi) is 6.05. The monoisotopic (exact) mass is 392 g/mol. The summed E-state index contributed by atoms with van der Waals surface area (Å²) in [5.41, 5.74) is 8.84. The van der Waals surface area contributed by atoms with Gasteiger partial charge in [-0.25, -0.2) is 4.98 Å². The Morgan fingerprint density at radius 2 is 2.04 bits per heavy atom. The summed E-state index contributed by atoms with van der Waals surface area (Å²) in [4.78, 5) is 31.0. The number of anilines is 2. The molecule has 0 aliphatic carbocycles. The van der Waals surface area contributed by atoms with E-state index in [9.17, 15) is 9.59 Å². The summed E-state index contributed by atoms with van der Waals surface area (Å²) in [7, 11) is 0. The van der Waals surface area contributed by atoms with Crippen molar-refractivity contribution in [2.75, 3.05) is 11.1 Å². The molecule has 0 unspecified atom stereocenters. The highest BCUT2D eigenvalue weighted by Crippen LogP contribution is 2.25. The third-order valence-electron chi connectivity index (χ3n) is 4.27. The van der Waals surface area contributed by atoms with Gasteiger partial charge in [-0.2, -0.15) is 0 Å². The summed E-state index contributed by atoms with van der Waals surface area (Å²) in [6, 6.07) is 5.37. The van der Waals surface area contributed by atoms with Gasteiger partial charge in [-0.3, -0.25) is 14.2 Å². The van der Waals surface area contributed by atoms with Gasteiger partial charge in [0.25, 0.3) is 5.56 Å². The Labute approximate surface area is 161 Å². The van der Waals surface area contributed by atoms with Crippen LogP contribution < -0.4 is 16.6 Å². The molecule has 0 aliphatic heterocycles. The average Bonchev–Trinajstić information content (AvgIpc) is 2.85. The summed E-state index contributed by atoms with van der Waals surface area (Å²) in [6.45, 7) is 6.09. The Morgan fingerprint density at radius 1 is 1.31 bits per heavy atom. The van der Waals surface area contributed by atoms with Gasteiger partial charge in [0.1, 0.15) is 4.83 Å². The molecule has 3 rings (SSSR count). The normalized spacial score (nSPS) is 10.6. The third-order valence-corrected chi connectivity index (χ3v) is 5.39. The minimum atomic E-state index is -0.168. The lowest BCUT2D eigenvalue weighted by atomic mass is 10.2. The van der Waals surface area contributed by atoms with E-state index in [0.29, 0.717) is 16.8 Å². The van der Waals surface area contributed by atoms with E-state index in [1.54, 1.807) is 12.1 Å². The number of hydrogen-bond donors (Lipinski definition) is 2. The van der Waals surface area contributed by atoms with Crippen LogP contribution in [-0.4, -0.2) is 15.5 Å². The largest absolute Gasteiger partial charge is 0.399 e. The molecule has 1 aromatic carbocycles. The zero-order valence-electron chi connectivity index (χ0n) is 14.8. The maximum absolute atomic E-state index is 12.6. The fourth-order valence-electron chi connectivity index (χ4n) is 2.64. The number of nitrogens with two attached hydrogens (primary N) is 1. The van der Waals surface area contributed by atoms with Crippen LogP contribution in [0.1, 0.15) is 22.4 Å². The molecule has 0 spiro atoms. The second kappa shape index (κ2) is 7.88. The van der Waals surface area contributed by atoms with Crippen molar-refractivity contribution in [3.8, 4) is 0 Å². The van der Waals surface area contributed by atoms with Crippen LogP contribution in [0.5, 0.6) is 0 Å². The Balaban J connectivity index is 0.00000243. The highest BCUT2D eigenvalue weighted by atomic mass is 35.5. The van der Waals surface area contributed by atoms with Crippen molar-refractivity contribution in [2.24, 2.45) is 0 Å². The number of nitrogens with one attached hydrogen (secondary N) is 1. The van der Waals surface area contributed by atoms with Crippen LogP contribution in [0.2, 0.25) is 0 Å². The number of fused-ring (bicyclic) bond motifs is 1. The van der Waals surface area contributed by atoms with E-state index in [1.165, 1.54) is 22.2 Å². The molecule has 1 amide bonds. The molecule has 2 aromatic heterocycles. The minimum absolute atomic E-state index is 0. The number of aromatic nitrogens is 2. The first-order chi connectivity index (χ1) is 11.9. The number of thiophene rings is 1. The van der Waals surface area contributed by atoms with Gasteiger partial charge in [0, 0.05) is 29.2 Å². The van der Waals surface area contributed by atoms with E-state index in [0.717, 1.165) is 20.8 Å². The summed E-state index contributed by atoms with van der Waals surface area (Å²) in [6.07, 6.45) is 1.70. The zero-order valence-corrected chi connectivity index (χ0v) is 16.5. The number of hydrogen-bond acceptors (Lipinski definition) is 5. The van der Waals surface area contributed by atoms with Crippen LogP contribution in [0.3, 0.4) is 0 Å². The summed E-state index contributed by atoms with van der Waals surface area (Å²) in [5, 5.41) is 3.49. The van der Waals surface area contributed by atoms with Crippen molar-refractivity contribution in [3.05, 3.63) is 50.9 Å². The van der Waals surface area contributed by atoms with Crippen molar-refractivity contribution in [2.45, 2.75) is 33.7 Å². The van der Waals surface area contributed by atoms with Gasteiger partial charge in [-0.05, 0) is 44.0 Å². The number of nitrogen functional groups attached to an aromatic ring is 1. The fourth-order valence-corrected chi connectivity index (χ4v) is 3.63. The summed E-state index contributed by atoms with van der Waals surface area (Å²) in [5.74, 6) is -0.168. The summed E-state index contributed by atoms with van der Waals surface area (Å²) >= 11 is 1.52. The number of amides is 1. The Bertz CT molecular complexity index is 1030. The number of rotatable bonds is 4. The van der Waals surface area contributed by atoms with Crippen LogP contribution in [-0.2, 0) is 11.3 Å². The van der Waals surface area contributed by atoms with Gasteiger partial charge in [0.05, 0.1) is 11.7 Å². The number of nitrogens with zero attached hydrogens (tertiary/aromatic N) is 2. The molecule has 2 heterocycles. The van der Waals surface area contributed by atoms with Crippen LogP contribution in [0.4, 0.5) is 11.4 Å². The van der Waals surface area contributed by atoms with E-state index in [1.807, 2.05) is 26.8 Å². The predicted octanol–water partition coefficient (Wildman–Crippen LogP) is 3.42. The molecular formula is C18H21ClN4O2S. The number of carbonyl (C=O) groups is 1. The molecule has 0 saturated heterocycles.